The average Bonchev–Trinajstić information content (AvgIpc) is 2.66. The Morgan fingerprint density at radius 3 is 2.08 bits per heavy atom. The van der Waals surface area contributed by atoms with Crippen LogP contribution in [0.25, 0.3) is 0 Å². The van der Waals surface area contributed by atoms with E-state index in [-0.39, 0.29) is 11.8 Å². The second-order valence-corrected chi connectivity index (χ2v) is 6.06. The van der Waals surface area contributed by atoms with Gasteiger partial charge in [-0.15, -0.1) is 0 Å². The monoisotopic (exact) mass is 338 g/mol. The molecule has 1 N–H and O–H groups in total. The van der Waals surface area contributed by atoms with Gasteiger partial charge in [0.1, 0.15) is 6.04 Å². The minimum atomic E-state index is -0.497. The number of nitrogens with zero attached hydrogens (tertiary/aromatic N) is 1. The Labute approximate surface area is 149 Å². The van der Waals surface area contributed by atoms with Crippen LogP contribution in [0.2, 0.25) is 0 Å². The first-order valence-corrected chi connectivity index (χ1v) is 8.76. The van der Waals surface area contributed by atoms with Gasteiger partial charge in [0, 0.05) is 19.5 Å². The van der Waals surface area contributed by atoms with Gasteiger partial charge in [-0.2, -0.15) is 0 Å². The second-order valence-electron chi connectivity index (χ2n) is 6.06. The Hall–Kier alpha value is -2.62. The van der Waals surface area contributed by atoms with Crippen LogP contribution in [0.15, 0.2) is 60.7 Å². The molecule has 0 aliphatic rings. The molecule has 0 unspecified atom stereocenters. The largest absolute Gasteiger partial charge is 0.354 e. The summed E-state index contributed by atoms with van der Waals surface area (Å²) in [4.78, 5) is 26.4. The maximum atomic E-state index is 12.5. The third-order valence-corrected chi connectivity index (χ3v) is 4.22. The van der Waals surface area contributed by atoms with Gasteiger partial charge in [0.2, 0.25) is 11.8 Å². The minimum Gasteiger partial charge on any atom is -0.354 e. The molecule has 0 fully saturated rings. The van der Waals surface area contributed by atoms with Crippen LogP contribution in [0.3, 0.4) is 0 Å². The van der Waals surface area contributed by atoms with Crippen LogP contribution < -0.4 is 5.32 Å². The van der Waals surface area contributed by atoms with E-state index in [0.29, 0.717) is 19.5 Å². The lowest BCUT2D eigenvalue weighted by Gasteiger charge is -2.28. The normalized spacial score (nSPS) is 11.6. The van der Waals surface area contributed by atoms with Crippen molar-refractivity contribution in [3.63, 3.8) is 0 Å². The highest BCUT2D eigenvalue weighted by atomic mass is 16.2. The lowest BCUT2D eigenvalue weighted by atomic mass is 10.1. The number of amides is 2. The molecule has 2 amide bonds. The van der Waals surface area contributed by atoms with Gasteiger partial charge in [0.25, 0.3) is 0 Å². The predicted molar refractivity (Wildman–Crippen MR) is 99.9 cm³/mol. The first-order chi connectivity index (χ1) is 12.1. The summed E-state index contributed by atoms with van der Waals surface area (Å²) in [6.45, 7) is 4.61. The van der Waals surface area contributed by atoms with E-state index in [1.54, 1.807) is 11.8 Å². The van der Waals surface area contributed by atoms with Gasteiger partial charge < -0.3 is 10.2 Å². The van der Waals surface area contributed by atoms with Gasteiger partial charge in [-0.25, -0.2) is 0 Å². The first kappa shape index (κ1) is 18.7. The summed E-state index contributed by atoms with van der Waals surface area (Å²) in [5.74, 6) is -0.136. The molecule has 2 aromatic rings. The van der Waals surface area contributed by atoms with Crippen molar-refractivity contribution < 1.29 is 9.59 Å². The highest BCUT2D eigenvalue weighted by Gasteiger charge is 2.24. The van der Waals surface area contributed by atoms with Crippen molar-refractivity contribution in [3.05, 3.63) is 71.8 Å². The minimum absolute atomic E-state index is 0.0189. The van der Waals surface area contributed by atoms with Crippen LogP contribution in [0.5, 0.6) is 0 Å². The molecular weight excluding hydrogens is 312 g/mol. The summed E-state index contributed by atoms with van der Waals surface area (Å²) in [5.41, 5.74) is 2.20. The summed E-state index contributed by atoms with van der Waals surface area (Å²) in [6.07, 6.45) is 1.16. The van der Waals surface area contributed by atoms with Crippen LogP contribution in [0, 0.1) is 0 Å². The molecule has 1 atom stereocenters. The van der Waals surface area contributed by atoms with E-state index in [9.17, 15) is 9.59 Å². The molecule has 0 spiro atoms. The third-order valence-electron chi connectivity index (χ3n) is 4.22. The molecule has 0 radical (unpaired) electrons. The van der Waals surface area contributed by atoms with Crippen LogP contribution >= 0.6 is 0 Å². The van der Waals surface area contributed by atoms with E-state index in [2.05, 4.69) is 5.32 Å². The van der Waals surface area contributed by atoms with Crippen molar-refractivity contribution in [2.24, 2.45) is 0 Å². The fourth-order valence-electron chi connectivity index (χ4n) is 2.69. The second kappa shape index (κ2) is 9.62. The van der Waals surface area contributed by atoms with Crippen molar-refractivity contribution in [2.45, 2.75) is 39.3 Å². The standard InChI is InChI=1S/C21H26N2O2/c1-3-20(24)23(16-19-12-8-5-9-13-19)17(2)21(25)22-15-14-18-10-6-4-7-11-18/h4-13,17H,3,14-16H2,1-2H3,(H,22,25)/t17-/m1/s1. The summed E-state index contributed by atoms with van der Waals surface area (Å²) in [5, 5.41) is 2.94. The Balaban J connectivity index is 1.94. The SMILES string of the molecule is CCC(=O)N(Cc1ccccc1)[C@H](C)C(=O)NCCc1ccccc1. The van der Waals surface area contributed by atoms with E-state index in [4.69, 9.17) is 0 Å². The smallest absolute Gasteiger partial charge is 0.242 e. The van der Waals surface area contributed by atoms with Crippen molar-refractivity contribution >= 4 is 11.8 Å². The highest BCUT2D eigenvalue weighted by molar-refractivity contribution is 5.87. The molecule has 2 aromatic carbocycles. The zero-order chi connectivity index (χ0) is 18.1. The topological polar surface area (TPSA) is 49.4 Å². The maximum Gasteiger partial charge on any atom is 0.242 e. The predicted octanol–water partition coefficient (Wildman–Crippen LogP) is 3.17. The average molecular weight is 338 g/mol. The molecule has 0 bridgehead atoms. The number of benzene rings is 2. The van der Waals surface area contributed by atoms with E-state index in [1.807, 2.05) is 67.6 Å². The summed E-state index contributed by atoms with van der Waals surface area (Å²) in [7, 11) is 0. The fraction of sp³-hybridized carbons (Fsp3) is 0.333. The lowest BCUT2D eigenvalue weighted by molar-refractivity contribution is -0.140. The van der Waals surface area contributed by atoms with E-state index >= 15 is 0 Å². The molecule has 0 aliphatic carbocycles. The Bertz CT molecular complexity index is 671. The summed E-state index contributed by atoms with van der Waals surface area (Å²) >= 11 is 0. The molecular formula is C21H26N2O2. The van der Waals surface area contributed by atoms with Crippen molar-refractivity contribution in [1.29, 1.82) is 0 Å². The number of rotatable bonds is 8. The Morgan fingerprint density at radius 2 is 1.52 bits per heavy atom. The van der Waals surface area contributed by atoms with Crippen molar-refractivity contribution in [2.75, 3.05) is 6.54 Å². The maximum absolute atomic E-state index is 12.5. The number of carbonyl (C=O) groups is 2. The van der Waals surface area contributed by atoms with E-state index < -0.39 is 6.04 Å². The van der Waals surface area contributed by atoms with Gasteiger partial charge >= 0.3 is 0 Å². The fourth-order valence-corrected chi connectivity index (χ4v) is 2.69. The Kier molecular flexibility index (Phi) is 7.20. The van der Waals surface area contributed by atoms with E-state index in [0.717, 1.165) is 12.0 Å². The van der Waals surface area contributed by atoms with Gasteiger partial charge in [-0.1, -0.05) is 67.6 Å². The van der Waals surface area contributed by atoms with Crippen molar-refractivity contribution in [1.82, 2.24) is 10.2 Å². The van der Waals surface area contributed by atoms with Crippen LogP contribution in [0.1, 0.15) is 31.4 Å². The molecule has 132 valence electrons. The first-order valence-electron chi connectivity index (χ1n) is 8.76. The number of hydrogen-bond donors (Lipinski definition) is 1. The molecule has 0 saturated carbocycles. The highest BCUT2D eigenvalue weighted by Crippen LogP contribution is 2.10. The zero-order valence-corrected chi connectivity index (χ0v) is 14.9. The summed E-state index contributed by atoms with van der Waals surface area (Å²) in [6, 6.07) is 19.3. The molecule has 4 nitrogen and oxygen atoms in total. The van der Waals surface area contributed by atoms with Gasteiger partial charge in [-0.05, 0) is 24.5 Å². The van der Waals surface area contributed by atoms with E-state index in [1.165, 1.54) is 5.56 Å². The molecule has 0 aromatic heterocycles. The molecule has 0 heterocycles. The van der Waals surface area contributed by atoms with Crippen LogP contribution in [-0.4, -0.2) is 29.3 Å². The van der Waals surface area contributed by atoms with Crippen LogP contribution in [0.4, 0.5) is 0 Å². The number of hydrogen-bond acceptors (Lipinski definition) is 2. The number of carbonyl (C=O) groups excluding carboxylic acids is 2. The molecule has 0 saturated heterocycles. The zero-order valence-electron chi connectivity index (χ0n) is 14.9. The molecule has 4 heteroatoms. The quantitative estimate of drug-likeness (QED) is 0.804. The van der Waals surface area contributed by atoms with Gasteiger partial charge in [0.15, 0.2) is 0 Å². The molecule has 0 aliphatic heterocycles. The number of nitrogens with one attached hydrogen (secondary N) is 1. The summed E-state index contributed by atoms with van der Waals surface area (Å²) < 4.78 is 0. The molecule has 25 heavy (non-hydrogen) atoms. The lowest BCUT2D eigenvalue weighted by Crippen LogP contribution is -2.47. The van der Waals surface area contributed by atoms with Gasteiger partial charge in [-0.3, -0.25) is 9.59 Å². The third kappa shape index (κ3) is 5.75. The van der Waals surface area contributed by atoms with Crippen LogP contribution in [-0.2, 0) is 22.6 Å². The molecule has 2 rings (SSSR count). The van der Waals surface area contributed by atoms with Gasteiger partial charge in [0.05, 0.1) is 0 Å². The van der Waals surface area contributed by atoms with Crippen molar-refractivity contribution in [3.8, 4) is 0 Å². The Morgan fingerprint density at radius 1 is 0.960 bits per heavy atom.